The van der Waals surface area contributed by atoms with Crippen molar-refractivity contribution in [2.45, 2.75) is 11.8 Å². The average molecular weight is 390 g/mol. The van der Waals surface area contributed by atoms with Gasteiger partial charge in [0, 0.05) is 24.7 Å². The highest BCUT2D eigenvalue weighted by Crippen LogP contribution is 2.14. The summed E-state index contributed by atoms with van der Waals surface area (Å²) in [5.74, 6) is -0.644. The molecule has 0 bridgehead atoms. The molecule has 1 N–H and O–H groups in total. The number of amides is 1. The number of hydrazone groups is 1. The van der Waals surface area contributed by atoms with Crippen LogP contribution in [0.2, 0.25) is 0 Å². The van der Waals surface area contributed by atoms with E-state index in [9.17, 15) is 23.3 Å². The maximum Gasteiger partial charge on any atom is 0.270 e. The number of hydrogen-bond acceptors (Lipinski definition) is 6. The molecule has 0 fully saturated rings. The molecule has 0 aliphatic rings. The molecule has 0 saturated heterocycles. The van der Waals surface area contributed by atoms with E-state index in [4.69, 9.17) is 0 Å². The summed E-state index contributed by atoms with van der Waals surface area (Å²) in [5.41, 5.74) is 3.44. The fourth-order valence-electron chi connectivity index (χ4n) is 2.11. The lowest BCUT2D eigenvalue weighted by molar-refractivity contribution is -0.384. The van der Waals surface area contributed by atoms with E-state index in [1.54, 1.807) is 18.2 Å². The van der Waals surface area contributed by atoms with Crippen molar-refractivity contribution in [3.63, 3.8) is 0 Å². The number of nitrogens with one attached hydrogen (secondary N) is 1. The van der Waals surface area contributed by atoms with E-state index >= 15 is 0 Å². The lowest BCUT2D eigenvalue weighted by Crippen LogP contribution is -2.36. The van der Waals surface area contributed by atoms with Crippen LogP contribution >= 0.6 is 0 Å². The molecule has 27 heavy (non-hydrogen) atoms. The molecule has 2 rings (SSSR count). The fourth-order valence-corrected chi connectivity index (χ4v) is 3.24. The number of likely N-dealkylation sites (N-methyl/N-ethyl adjacent to an activating group) is 1. The molecule has 0 spiro atoms. The predicted molar refractivity (Wildman–Crippen MR) is 99.8 cm³/mol. The Morgan fingerprint density at radius 1 is 1.26 bits per heavy atom. The second-order valence-corrected chi connectivity index (χ2v) is 7.76. The van der Waals surface area contributed by atoms with E-state index < -0.39 is 27.4 Å². The minimum absolute atomic E-state index is 0.0866. The van der Waals surface area contributed by atoms with Crippen LogP contribution in [0.5, 0.6) is 0 Å². The number of carbonyl (C=O) groups excluding carboxylic acids is 1. The minimum Gasteiger partial charge on any atom is -0.272 e. The van der Waals surface area contributed by atoms with Gasteiger partial charge in [-0.05, 0) is 19.1 Å². The molecule has 0 unspecified atom stereocenters. The summed E-state index contributed by atoms with van der Waals surface area (Å²) in [7, 11) is -2.51. The van der Waals surface area contributed by atoms with Crippen LogP contribution < -0.4 is 5.43 Å². The van der Waals surface area contributed by atoms with Crippen LogP contribution in [0.3, 0.4) is 0 Å². The Bertz CT molecular complexity index is 971. The standard InChI is InChI=1S/C17H18N4O5S/c1-13-6-8-16(9-7-13)27(25,26)20(2)12-17(22)19-18-11-14-4-3-5-15(10-14)21(23)24/h3-11H,12H2,1-2H3,(H,19,22)/b18-11+. The van der Waals surface area contributed by atoms with Gasteiger partial charge in [0.1, 0.15) is 0 Å². The molecule has 0 aromatic heterocycles. The third-order valence-corrected chi connectivity index (χ3v) is 5.40. The number of nitro groups is 1. The van der Waals surface area contributed by atoms with Gasteiger partial charge >= 0.3 is 0 Å². The Hall–Kier alpha value is -3.11. The number of nitrogens with zero attached hydrogens (tertiary/aromatic N) is 3. The lowest BCUT2D eigenvalue weighted by Gasteiger charge is -2.16. The third-order valence-electron chi connectivity index (χ3n) is 3.58. The first-order valence-electron chi connectivity index (χ1n) is 7.79. The van der Waals surface area contributed by atoms with Crippen LogP contribution in [-0.2, 0) is 14.8 Å². The molecule has 0 aliphatic carbocycles. The van der Waals surface area contributed by atoms with Crippen LogP contribution in [0.1, 0.15) is 11.1 Å². The molecule has 0 atom stereocenters. The maximum atomic E-state index is 12.4. The fraction of sp³-hybridized carbons (Fsp3) is 0.176. The van der Waals surface area contributed by atoms with Gasteiger partial charge in [-0.3, -0.25) is 14.9 Å². The molecule has 2 aromatic carbocycles. The number of aryl methyl sites for hydroxylation is 1. The minimum atomic E-state index is -3.80. The van der Waals surface area contributed by atoms with E-state index in [1.165, 1.54) is 43.6 Å². The van der Waals surface area contributed by atoms with Gasteiger partial charge in [0.25, 0.3) is 11.6 Å². The number of nitro benzene ring substituents is 1. The first-order valence-corrected chi connectivity index (χ1v) is 9.23. The summed E-state index contributed by atoms with van der Waals surface area (Å²) in [6, 6.07) is 12.0. The first kappa shape index (κ1) is 20.2. The van der Waals surface area contributed by atoms with Crippen molar-refractivity contribution >= 4 is 27.8 Å². The van der Waals surface area contributed by atoms with Gasteiger partial charge in [0.05, 0.1) is 22.6 Å². The van der Waals surface area contributed by atoms with Crippen LogP contribution in [0.15, 0.2) is 58.5 Å². The Kier molecular flexibility index (Phi) is 6.37. The summed E-state index contributed by atoms with van der Waals surface area (Å²) < 4.78 is 25.8. The van der Waals surface area contributed by atoms with E-state index in [2.05, 4.69) is 10.5 Å². The third kappa shape index (κ3) is 5.43. The molecule has 0 saturated carbocycles. The van der Waals surface area contributed by atoms with Gasteiger partial charge in [0.2, 0.25) is 10.0 Å². The molecule has 0 radical (unpaired) electrons. The van der Waals surface area contributed by atoms with E-state index in [0.29, 0.717) is 5.56 Å². The SMILES string of the molecule is Cc1ccc(S(=O)(=O)N(C)CC(=O)N/N=C/c2cccc([N+](=O)[O-])c2)cc1. The summed E-state index contributed by atoms with van der Waals surface area (Å²) in [6.45, 7) is 1.41. The first-order chi connectivity index (χ1) is 12.7. The zero-order valence-electron chi connectivity index (χ0n) is 14.7. The lowest BCUT2D eigenvalue weighted by atomic mass is 10.2. The number of benzene rings is 2. The number of hydrogen-bond donors (Lipinski definition) is 1. The summed E-state index contributed by atoms with van der Waals surface area (Å²) in [4.78, 5) is 22.2. The van der Waals surface area contributed by atoms with Crippen molar-refractivity contribution in [1.29, 1.82) is 0 Å². The molecule has 0 heterocycles. The van der Waals surface area contributed by atoms with E-state index in [1.807, 2.05) is 6.92 Å². The summed E-state index contributed by atoms with van der Waals surface area (Å²) >= 11 is 0. The Morgan fingerprint density at radius 3 is 2.56 bits per heavy atom. The van der Waals surface area contributed by atoms with Gasteiger partial charge in [0.15, 0.2) is 0 Å². The molecular formula is C17H18N4O5S. The highest BCUT2D eigenvalue weighted by molar-refractivity contribution is 7.89. The topological polar surface area (TPSA) is 122 Å². The molecule has 2 aromatic rings. The van der Waals surface area contributed by atoms with Crippen LogP contribution in [0.25, 0.3) is 0 Å². The zero-order chi connectivity index (χ0) is 20.0. The smallest absolute Gasteiger partial charge is 0.270 e. The van der Waals surface area contributed by atoms with Gasteiger partial charge in [-0.25, -0.2) is 13.8 Å². The molecule has 142 valence electrons. The van der Waals surface area contributed by atoms with Crippen molar-refractivity contribution in [3.05, 3.63) is 69.8 Å². The zero-order valence-corrected chi connectivity index (χ0v) is 15.5. The van der Waals surface area contributed by atoms with E-state index in [-0.39, 0.29) is 10.6 Å². The number of sulfonamides is 1. The number of non-ortho nitro benzene ring substituents is 1. The Labute approximate surface area is 156 Å². The molecule has 10 heteroatoms. The quantitative estimate of drug-likeness (QED) is 0.438. The van der Waals surface area contributed by atoms with Crippen LogP contribution in [0, 0.1) is 17.0 Å². The molecule has 1 amide bonds. The summed E-state index contributed by atoms with van der Waals surface area (Å²) in [6.07, 6.45) is 1.24. The Balaban J connectivity index is 1.97. The van der Waals surface area contributed by atoms with Crippen LogP contribution in [-0.4, -0.2) is 43.4 Å². The van der Waals surface area contributed by atoms with Crippen LogP contribution in [0.4, 0.5) is 5.69 Å². The van der Waals surface area contributed by atoms with Crippen molar-refractivity contribution in [3.8, 4) is 0 Å². The second-order valence-electron chi connectivity index (χ2n) is 5.72. The largest absolute Gasteiger partial charge is 0.272 e. The molecule has 0 aliphatic heterocycles. The van der Waals surface area contributed by atoms with Gasteiger partial charge in [-0.2, -0.15) is 9.41 Å². The highest BCUT2D eigenvalue weighted by atomic mass is 32.2. The molecule has 9 nitrogen and oxygen atoms in total. The highest BCUT2D eigenvalue weighted by Gasteiger charge is 2.22. The predicted octanol–water partition coefficient (Wildman–Crippen LogP) is 1.67. The van der Waals surface area contributed by atoms with Gasteiger partial charge in [-0.1, -0.05) is 29.8 Å². The summed E-state index contributed by atoms with van der Waals surface area (Å²) in [5, 5.41) is 14.4. The normalized spacial score (nSPS) is 11.7. The van der Waals surface area contributed by atoms with Gasteiger partial charge < -0.3 is 0 Å². The van der Waals surface area contributed by atoms with Crippen molar-refractivity contribution in [2.75, 3.05) is 13.6 Å². The Morgan fingerprint density at radius 2 is 1.93 bits per heavy atom. The van der Waals surface area contributed by atoms with Crippen molar-refractivity contribution in [2.24, 2.45) is 5.10 Å². The van der Waals surface area contributed by atoms with Crippen molar-refractivity contribution < 1.29 is 18.1 Å². The average Bonchev–Trinajstić information content (AvgIpc) is 2.62. The maximum absolute atomic E-state index is 12.4. The molecular weight excluding hydrogens is 372 g/mol. The van der Waals surface area contributed by atoms with Crippen molar-refractivity contribution in [1.82, 2.24) is 9.73 Å². The second kappa shape index (κ2) is 8.52. The van der Waals surface area contributed by atoms with E-state index in [0.717, 1.165) is 9.87 Å². The van der Waals surface area contributed by atoms with Gasteiger partial charge in [-0.15, -0.1) is 0 Å². The number of carbonyl (C=O) groups is 1. The monoisotopic (exact) mass is 390 g/mol. The number of rotatable bonds is 7.